The number of aliphatic hydroxyl groups excluding tert-OH is 1. The largest absolute Gasteiger partial charge is 0.481 e. The summed E-state index contributed by atoms with van der Waals surface area (Å²) < 4.78 is 0. The number of benzene rings is 2. The third-order valence-electron chi connectivity index (χ3n) is 8.94. The number of aliphatic carboxylic acids is 1. The van der Waals surface area contributed by atoms with Crippen LogP contribution in [0.25, 0.3) is 32.9 Å². The van der Waals surface area contributed by atoms with Crippen LogP contribution in [0.1, 0.15) is 29.5 Å². The second-order valence-corrected chi connectivity index (χ2v) is 12.9. The first kappa shape index (κ1) is 33.3. The Hall–Kier alpha value is -5.20. The maximum atomic E-state index is 10.8. The molecule has 0 radical (unpaired) electrons. The van der Waals surface area contributed by atoms with E-state index in [0.717, 1.165) is 69.3 Å². The van der Waals surface area contributed by atoms with E-state index in [1.807, 2.05) is 60.8 Å². The van der Waals surface area contributed by atoms with Crippen molar-refractivity contribution in [1.82, 2.24) is 30.2 Å². The number of fused-ring (bicyclic) bond motifs is 2. The van der Waals surface area contributed by atoms with Gasteiger partial charge in [0, 0.05) is 79.5 Å². The topological polar surface area (TPSA) is 148 Å². The highest BCUT2D eigenvalue weighted by molar-refractivity contribution is 6.36. The molecule has 1 fully saturated rings. The van der Waals surface area contributed by atoms with Crippen LogP contribution in [0.3, 0.4) is 0 Å². The first-order valence-corrected chi connectivity index (χ1v) is 16.9. The SMILES string of the molecule is Cc1c(Nc2nccc3cc(CN4CCC(O)C4)cnc23)cccc1-c1cccc(Nc2nccc3cc(CNCCC(=O)O)cnc23)c1Cl. The average molecular weight is 689 g/mol. The number of nitrogens with one attached hydrogen (secondary N) is 3. The fourth-order valence-corrected chi connectivity index (χ4v) is 6.65. The number of pyridine rings is 4. The van der Waals surface area contributed by atoms with Crippen molar-refractivity contribution in [1.29, 1.82) is 0 Å². The maximum absolute atomic E-state index is 10.8. The number of halogens is 1. The van der Waals surface area contributed by atoms with Crippen molar-refractivity contribution in [2.75, 3.05) is 30.3 Å². The maximum Gasteiger partial charge on any atom is 0.304 e. The van der Waals surface area contributed by atoms with Gasteiger partial charge in [0.05, 0.1) is 23.2 Å². The Morgan fingerprint density at radius 2 is 1.52 bits per heavy atom. The number of likely N-dealkylation sites (tertiary alicyclic amines) is 1. The van der Waals surface area contributed by atoms with E-state index in [-0.39, 0.29) is 12.5 Å². The van der Waals surface area contributed by atoms with E-state index in [1.54, 1.807) is 18.6 Å². The monoisotopic (exact) mass is 688 g/mol. The van der Waals surface area contributed by atoms with Crippen LogP contribution in [-0.4, -0.2) is 66.8 Å². The molecule has 5 heterocycles. The highest BCUT2D eigenvalue weighted by atomic mass is 35.5. The Labute approximate surface area is 294 Å². The van der Waals surface area contributed by atoms with Crippen molar-refractivity contribution in [3.8, 4) is 11.1 Å². The van der Waals surface area contributed by atoms with Crippen molar-refractivity contribution in [3.63, 3.8) is 0 Å². The van der Waals surface area contributed by atoms with E-state index < -0.39 is 5.97 Å². The van der Waals surface area contributed by atoms with Crippen molar-refractivity contribution in [2.24, 2.45) is 0 Å². The van der Waals surface area contributed by atoms with Crippen LogP contribution in [0.15, 0.2) is 85.5 Å². The van der Waals surface area contributed by atoms with Gasteiger partial charge in [0.1, 0.15) is 11.0 Å². The predicted molar refractivity (Wildman–Crippen MR) is 197 cm³/mol. The fourth-order valence-electron chi connectivity index (χ4n) is 6.37. The number of β-amino-alcohol motifs (C(OH)–C–C–N with tert-alkyl or cyclic N) is 1. The summed E-state index contributed by atoms with van der Waals surface area (Å²) in [6, 6.07) is 20.0. The third-order valence-corrected chi connectivity index (χ3v) is 9.35. The lowest BCUT2D eigenvalue weighted by Crippen LogP contribution is -2.21. The molecule has 12 heteroatoms. The molecule has 0 bridgehead atoms. The minimum atomic E-state index is -0.834. The molecule has 1 aliphatic rings. The van der Waals surface area contributed by atoms with E-state index in [9.17, 15) is 9.90 Å². The Morgan fingerprint density at radius 3 is 2.20 bits per heavy atom. The van der Waals surface area contributed by atoms with Gasteiger partial charge in [-0.15, -0.1) is 0 Å². The molecule has 11 nitrogen and oxygen atoms in total. The van der Waals surface area contributed by atoms with Gasteiger partial charge < -0.3 is 26.2 Å². The van der Waals surface area contributed by atoms with Crippen molar-refractivity contribution in [3.05, 3.63) is 107 Å². The zero-order valence-corrected chi connectivity index (χ0v) is 28.3. The van der Waals surface area contributed by atoms with Gasteiger partial charge in [-0.05, 0) is 72.0 Å². The van der Waals surface area contributed by atoms with Crippen LogP contribution in [0.2, 0.25) is 5.02 Å². The van der Waals surface area contributed by atoms with Crippen molar-refractivity contribution >= 4 is 62.4 Å². The first-order valence-electron chi connectivity index (χ1n) is 16.5. The number of carboxylic acid groups (broad SMARTS) is 1. The molecule has 7 rings (SSSR count). The number of nitrogens with zero attached hydrogens (tertiary/aromatic N) is 5. The predicted octanol–water partition coefficient (Wildman–Crippen LogP) is 6.82. The van der Waals surface area contributed by atoms with Gasteiger partial charge in [0.2, 0.25) is 0 Å². The third kappa shape index (κ3) is 7.36. The second-order valence-electron chi connectivity index (χ2n) is 12.5. The highest BCUT2D eigenvalue weighted by Crippen LogP contribution is 2.39. The molecular weight excluding hydrogens is 652 g/mol. The van der Waals surface area contributed by atoms with E-state index in [1.165, 1.54) is 0 Å². The minimum Gasteiger partial charge on any atom is -0.481 e. The quantitative estimate of drug-likeness (QED) is 0.0863. The number of aliphatic hydroxyl groups is 1. The number of anilines is 4. The van der Waals surface area contributed by atoms with Gasteiger partial charge in [-0.2, -0.15) is 0 Å². The highest BCUT2D eigenvalue weighted by Gasteiger charge is 2.20. The lowest BCUT2D eigenvalue weighted by molar-refractivity contribution is -0.136. The zero-order valence-electron chi connectivity index (χ0n) is 27.5. The summed E-state index contributed by atoms with van der Waals surface area (Å²) in [5.41, 5.74) is 7.95. The van der Waals surface area contributed by atoms with E-state index in [0.29, 0.717) is 47.5 Å². The molecule has 1 atom stereocenters. The standard InChI is InChI=1S/C38H37ClN8O3/c1-23-29(4-2-6-31(23)45-37-36-27(9-14-41-37)17-25(20-44-36)21-47-15-11-28(48)22-47)30-5-3-7-32(34(30)39)46-38-35-26(8-13-42-38)16-24(19-43-35)18-40-12-10-33(49)50/h2-9,13-14,16-17,19-20,28,40,48H,10-12,15,18,21-22H2,1H3,(H,41,45)(H,42,46)(H,49,50). The van der Waals surface area contributed by atoms with Crippen LogP contribution in [0.5, 0.6) is 0 Å². The molecule has 5 N–H and O–H groups in total. The van der Waals surface area contributed by atoms with E-state index >= 15 is 0 Å². The molecule has 254 valence electrons. The number of rotatable bonds is 12. The number of hydrogen-bond donors (Lipinski definition) is 5. The first-order chi connectivity index (χ1) is 24.3. The van der Waals surface area contributed by atoms with E-state index in [4.69, 9.17) is 21.7 Å². The molecule has 2 aromatic carbocycles. The van der Waals surface area contributed by atoms with Gasteiger partial charge in [-0.25, -0.2) is 9.97 Å². The van der Waals surface area contributed by atoms with Gasteiger partial charge in [-0.3, -0.25) is 19.7 Å². The molecule has 4 aromatic heterocycles. The summed E-state index contributed by atoms with van der Waals surface area (Å²) in [7, 11) is 0. The van der Waals surface area contributed by atoms with Crippen molar-refractivity contribution < 1.29 is 15.0 Å². The molecule has 0 aliphatic carbocycles. The molecule has 0 amide bonds. The molecular formula is C38H37ClN8O3. The Bertz CT molecular complexity index is 2200. The smallest absolute Gasteiger partial charge is 0.304 e. The fraction of sp³-hybridized carbons (Fsp3) is 0.237. The van der Waals surface area contributed by atoms with Gasteiger partial charge in [0.15, 0.2) is 11.6 Å². The molecule has 50 heavy (non-hydrogen) atoms. The lowest BCUT2D eigenvalue weighted by atomic mass is 9.98. The van der Waals surface area contributed by atoms with Gasteiger partial charge in [-0.1, -0.05) is 35.9 Å². The van der Waals surface area contributed by atoms with Crippen molar-refractivity contribution in [2.45, 2.75) is 39.0 Å². The summed E-state index contributed by atoms with van der Waals surface area (Å²) in [5.74, 6) is 0.413. The molecule has 0 spiro atoms. The minimum absolute atomic E-state index is 0.0614. The van der Waals surface area contributed by atoms with Crippen LogP contribution in [-0.2, 0) is 17.9 Å². The summed E-state index contributed by atoms with van der Waals surface area (Å²) in [5, 5.41) is 31.3. The molecule has 1 unspecified atom stereocenters. The summed E-state index contributed by atoms with van der Waals surface area (Å²) in [6.45, 7) is 5.28. The van der Waals surface area contributed by atoms with Crippen LogP contribution in [0, 0.1) is 6.92 Å². The molecule has 1 saturated heterocycles. The summed E-state index contributed by atoms with van der Waals surface area (Å²) >= 11 is 7.09. The number of hydrogen-bond acceptors (Lipinski definition) is 10. The average Bonchev–Trinajstić information content (AvgIpc) is 3.52. The normalized spacial score (nSPS) is 14.7. The summed E-state index contributed by atoms with van der Waals surface area (Å²) in [6.07, 6.45) is 7.79. The number of aromatic nitrogens is 4. The van der Waals surface area contributed by atoms with Crippen LogP contribution in [0.4, 0.5) is 23.0 Å². The number of carbonyl (C=O) groups is 1. The second kappa shape index (κ2) is 14.7. The summed E-state index contributed by atoms with van der Waals surface area (Å²) in [4.78, 5) is 31.7. The lowest BCUT2D eigenvalue weighted by Gasteiger charge is -2.17. The molecule has 0 saturated carbocycles. The Kier molecular flexibility index (Phi) is 9.81. The molecule has 1 aliphatic heterocycles. The zero-order chi connectivity index (χ0) is 34.6. The van der Waals surface area contributed by atoms with E-state index in [2.05, 4.69) is 48.8 Å². The van der Waals surface area contributed by atoms with Gasteiger partial charge >= 0.3 is 5.97 Å². The molecule has 6 aromatic rings. The van der Waals surface area contributed by atoms with Gasteiger partial charge in [0.25, 0.3) is 0 Å². The van der Waals surface area contributed by atoms with Crippen LogP contribution >= 0.6 is 11.6 Å². The van der Waals surface area contributed by atoms with Crippen LogP contribution < -0.4 is 16.0 Å². The Balaban J connectivity index is 1.11. The Morgan fingerprint density at radius 1 is 0.880 bits per heavy atom. The number of carboxylic acids is 1.